The molecular formula is C20H16N4O2S. The van der Waals surface area contributed by atoms with Gasteiger partial charge in [-0.3, -0.25) is 14.6 Å². The maximum Gasteiger partial charge on any atom is 0.242 e. The fourth-order valence-electron chi connectivity index (χ4n) is 3.45. The van der Waals surface area contributed by atoms with Gasteiger partial charge in [0.2, 0.25) is 11.7 Å². The SMILES string of the molecule is N#CC(C(N)=O)C(=O)C1=NN(C2C=CCC=C2)C2C1=CSc1ccccc12. The van der Waals surface area contributed by atoms with E-state index in [4.69, 9.17) is 5.73 Å². The van der Waals surface area contributed by atoms with E-state index >= 15 is 0 Å². The average molecular weight is 376 g/mol. The van der Waals surface area contributed by atoms with Crippen molar-refractivity contribution in [3.8, 4) is 6.07 Å². The maximum absolute atomic E-state index is 12.8. The van der Waals surface area contributed by atoms with Crippen molar-refractivity contribution in [2.45, 2.75) is 23.4 Å². The molecule has 4 rings (SSSR count). The Labute approximate surface area is 160 Å². The van der Waals surface area contributed by atoms with Gasteiger partial charge in [0.05, 0.1) is 12.1 Å². The number of thioether (sulfide) groups is 1. The van der Waals surface area contributed by atoms with Crippen molar-refractivity contribution in [3.63, 3.8) is 0 Å². The summed E-state index contributed by atoms with van der Waals surface area (Å²) in [6.45, 7) is 0. The fourth-order valence-corrected chi connectivity index (χ4v) is 4.41. The number of rotatable bonds is 4. The average Bonchev–Trinajstić information content (AvgIpc) is 3.09. The summed E-state index contributed by atoms with van der Waals surface area (Å²) in [6, 6.07) is 9.31. The van der Waals surface area contributed by atoms with Crippen molar-refractivity contribution in [1.82, 2.24) is 5.01 Å². The molecule has 1 aromatic rings. The second-order valence-corrected chi connectivity index (χ2v) is 7.28. The number of nitriles is 1. The molecule has 0 radical (unpaired) electrons. The second-order valence-electron chi connectivity index (χ2n) is 6.37. The predicted octanol–water partition coefficient (Wildman–Crippen LogP) is 2.47. The fraction of sp³-hybridized carbons (Fsp3) is 0.200. The van der Waals surface area contributed by atoms with E-state index in [9.17, 15) is 14.9 Å². The molecule has 2 atom stereocenters. The number of Topliss-reactive ketones (excluding diaryl/α,β-unsaturated/α-hetero) is 1. The van der Waals surface area contributed by atoms with Gasteiger partial charge in [0.25, 0.3) is 0 Å². The van der Waals surface area contributed by atoms with Crippen LogP contribution in [-0.4, -0.2) is 28.5 Å². The third kappa shape index (κ3) is 2.88. The van der Waals surface area contributed by atoms with Gasteiger partial charge in [-0.1, -0.05) is 54.3 Å². The summed E-state index contributed by atoms with van der Waals surface area (Å²) in [7, 11) is 0. The lowest BCUT2D eigenvalue weighted by Gasteiger charge is -2.32. The summed E-state index contributed by atoms with van der Waals surface area (Å²) < 4.78 is 0. The zero-order valence-electron chi connectivity index (χ0n) is 14.3. The van der Waals surface area contributed by atoms with Gasteiger partial charge in [-0.2, -0.15) is 10.4 Å². The standard InChI is InChI=1S/C20H16N4O2S/c21-10-14(20(22)26)19(25)17-15-11-27-16-9-5-4-8-13(16)18(15)24(23-17)12-6-2-1-3-7-12/h2-9,11-12,14,18H,1H2,(H2,22,26). The Kier molecular flexibility index (Phi) is 4.42. The highest BCUT2D eigenvalue weighted by Gasteiger charge is 2.43. The number of carbonyl (C=O) groups is 2. The smallest absolute Gasteiger partial charge is 0.242 e. The number of ketones is 1. The minimum atomic E-state index is -1.54. The third-order valence-electron chi connectivity index (χ3n) is 4.73. The molecule has 6 nitrogen and oxygen atoms in total. The first-order valence-electron chi connectivity index (χ1n) is 8.51. The van der Waals surface area contributed by atoms with Crippen molar-refractivity contribution in [1.29, 1.82) is 5.26 Å². The third-order valence-corrected chi connectivity index (χ3v) is 5.73. The molecule has 0 fully saturated rings. The van der Waals surface area contributed by atoms with E-state index in [-0.39, 0.29) is 17.8 Å². The number of hydrogen-bond acceptors (Lipinski definition) is 6. The summed E-state index contributed by atoms with van der Waals surface area (Å²) in [6.07, 6.45) is 9.03. The number of carbonyl (C=O) groups excluding carboxylic acids is 2. The molecule has 3 aliphatic rings. The van der Waals surface area contributed by atoms with Crippen LogP contribution in [-0.2, 0) is 9.59 Å². The summed E-state index contributed by atoms with van der Waals surface area (Å²) in [5.74, 6) is -3.14. The highest BCUT2D eigenvalue weighted by atomic mass is 32.2. The zero-order chi connectivity index (χ0) is 19.0. The van der Waals surface area contributed by atoms with Gasteiger partial charge in [-0.25, -0.2) is 0 Å². The highest BCUT2D eigenvalue weighted by molar-refractivity contribution is 8.02. The number of nitrogens with zero attached hydrogens (tertiary/aromatic N) is 3. The monoisotopic (exact) mass is 376 g/mol. The Bertz CT molecular complexity index is 974. The van der Waals surface area contributed by atoms with Crippen molar-refractivity contribution in [3.05, 3.63) is 65.1 Å². The van der Waals surface area contributed by atoms with Gasteiger partial charge >= 0.3 is 0 Å². The minimum Gasteiger partial charge on any atom is -0.368 e. The molecule has 7 heteroatoms. The predicted molar refractivity (Wildman–Crippen MR) is 102 cm³/mol. The molecule has 0 saturated heterocycles. The molecule has 0 bridgehead atoms. The van der Waals surface area contributed by atoms with E-state index in [1.54, 1.807) is 6.07 Å². The molecule has 2 N–H and O–H groups in total. The summed E-state index contributed by atoms with van der Waals surface area (Å²) in [5, 5.41) is 17.5. The minimum absolute atomic E-state index is 0.109. The topological polar surface area (TPSA) is 99.5 Å². The Balaban J connectivity index is 1.80. The molecule has 0 spiro atoms. The summed E-state index contributed by atoms with van der Waals surface area (Å²) >= 11 is 1.51. The number of primary amides is 1. The van der Waals surface area contributed by atoms with Crippen LogP contribution < -0.4 is 5.73 Å². The molecule has 27 heavy (non-hydrogen) atoms. The lowest BCUT2D eigenvalue weighted by atomic mass is 9.90. The van der Waals surface area contributed by atoms with Crippen LogP contribution in [0.2, 0.25) is 0 Å². The molecule has 2 aliphatic heterocycles. The number of amides is 1. The van der Waals surface area contributed by atoms with Gasteiger partial charge in [-0.05, 0) is 23.5 Å². The van der Waals surface area contributed by atoms with Crippen molar-refractivity contribution in [2.24, 2.45) is 16.8 Å². The van der Waals surface area contributed by atoms with Crippen LogP contribution >= 0.6 is 11.8 Å². The molecular weight excluding hydrogens is 360 g/mol. The largest absolute Gasteiger partial charge is 0.368 e. The van der Waals surface area contributed by atoms with Crippen LogP contribution in [0.4, 0.5) is 0 Å². The molecule has 1 aromatic carbocycles. The van der Waals surface area contributed by atoms with Gasteiger partial charge in [-0.15, -0.1) is 0 Å². The molecule has 2 unspecified atom stereocenters. The highest BCUT2D eigenvalue weighted by Crippen LogP contribution is 2.47. The van der Waals surface area contributed by atoms with Crippen molar-refractivity contribution < 1.29 is 9.59 Å². The first kappa shape index (κ1) is 17.3. The van der Waals surface area contributed by atoms with Crippen molar-refractivity contribution >= 4 is 29.2 Å². The van der Waals surface area contributed by atoms with Crippen LogP contribution in [0.5, 0.6) is 0 Å². The number of fused-ring (bicyclic) bond motifs is 3. The van der Waals surface area contributed by atoms with E-state index in [1.807, 2.05) is 59.0 Å². The van der Waals surface area contributed by atoms with Crippen LogP contribution in [0.25, 0.3) is 0 Å². The number of nitrogens with two attached hydrogens (primary N) is 1. The van der Waals surface area contributed by atoms with E-state index in [1.165, 1.54) is 11.8 Å². The molecule has 1 aliphatic carbocycles. The van der Waals surface area contributed by atoms with Crippen LogP contribution in [0.15, 0.2) is 69.5 Å². The van der Waals surface area contributed by atoms with Crippen molar-refractivity contribution in [2.75, 3.05) is 0 Å². The lowest BCUT2D eigenvalue weighted by Crippen LogP contribution is -2.34. The quantitative estimate of drug-likeness (QED) is 0.643. The Morgan fingerprint density at radius 3 is 2.74 bits per heavy atom. The van der Waals surface area contributed by atoms with Gasteiger partial charge < -0.3 is 5.73 Å². The first-order chi connectivity index (χ1) is 13.1. The number of allylic oxidation sites excluding steroid dienone is 2. The van der Waals surface area contributed by atoms with Gasteiger partial charge in [0, 0.05) is 10.5 Å². The zero-order valence-corrected chi connectivity index (χ0v) is 15.1. The van der Waals surface area contributed by atoms with E-state index in [2.05, 4.69) is 5.10 Å². The number of hydrogen-bond donors (Lipinski definition) is 1. The molecule has 1 amide bonds. The number of benzene rings is 1. The number of hydrazone groups is 1. The van der Waals surface area contributed by atoms with Crippen LogP contribution in [0.3, 0.4) is 0 Å². The Morgan fingerprint density at radius 1 is 1.30 bits per heavy atom. The Morgan fingerprint density at radius 2 is 2.04 bits per heavy atom. The molecule has 134 valence electrons. The molecule has 0 aromatic heterocycles. The second kappa shape index (κ2) is 6.89. The normalized spacial score (nSPS) is 21.6. The van der Waals surface area contributed by atoms with Crippen LogP contribution in [0.1, 0.15) is 18.0 Å². The maximum atomic E-state index is 12.8. The Hall–Kier alpha value is -3.11. The summed E-state index contributed by atoms with van der Waals surface area (Å²) in [5.41, 5.74) is 7.13. The summed E-state index contributed by atoms with van der Waals surface area (Å²) in [4.78, 5) is 25.5. The van der Waals surface area contributed by atoms with E-state index in [0.29, 0.717) is 5.57 Å². The van der Waals surface area contributed by atoms with Gasteiger partial charge in [0.1, 0.15) is 11.8 Å². The molecule has 2 heterocycles. The first-order valence-corrected chi connectivity index (χ1v) is 9.39. The van der Waals surface area contributed by atoms with E-state index < -0.39 is 17.6 Å². The van der Waals surface area contributed by atoms with Crippen LogP contribution in [0, 0.1) is 17.2 Å². The van der Waals surface area contributed by atoms with E-state index in [0.717, 1.165) is 16.9 Å². The molecule has 0 saturated carbocycles. The van der Waals surface area contributed by atoms with Gasteiger partial charge in [0.15, 0.2) is 5.92 Å². The lowest BCUT2D eigenvalue weighted by molar-refractivity contribution is -0.126.